The Morgan fingerprint density at radius 3 is 2.76 bits per heavy atom. The molecule has 0 aliphatic rings. The minimum Gasteiger partial charge on any atom is -0.478 e. The average Bonchev–Trinajstić information content (AvgIpc) is 2.18. The van der Waals surface area contributed by atoms with Gasteiger partial charge in [-0.15, -0.1) is 11.8 Å². The molecule has 1 aromatic rings. The van der Waals surface area contributed by atoms with Gasteiger partial charge in [0.25, 0.3) is 0 Å². The van der Waals surface area contributed by atoms with Crippen LogP contribution in [0.2, 0.25) is 0 Å². The number of carboxylic acids is 1. The lowest BCUT2D eigenvalue weighted by Crippen LogP contribution is -2.07. The molecular formula is C9H10BrNO4S2. The molecule has 0 aliphatic heterocycles. The molecule has 94 valence electrons. The zero-order valence-electron chi connectivity index (χ0n) is 8.88. The van der Waals surface area contributed by atoms with Crippen molar-refractivity contribution in [3.8, 4) is 0 Å². The Morgan fingerprint density at radius 1 is 1.59 bits per heavy atom. The largest absolute Gasteiger partial charge is 0.478 e. The van der Waals surface area contributed by atoms with Gasteiger partial charge in [0.15, 0.2) is 0 Å². The lowest BCUT2D eigenvalue weighted by atomic mass is 10.3. The third kappa shape index (κ3) is 5.05. The van der Waals surface area contributed by atoms with Gasteiger partial charge in [0, 0.05) is 22.7 Å². The standard InChI is InChI=1S/C9H10BrNO4S2/c1-17(14,15)3-2-16-8-7(9(12)13)4-6(10)5-11-8/h4-5H,2-3H2,1H3,(H,12,13). The van der Waals surface area contributed by atoms with Crippen molar-refractivity contribution >= 4 is 43.5 Å². The van der Waals surface area contributed by atoms with Crippen LogP contribution in [0.25, 0.3) is 0 Å². The second-order valence-corrected chi connectivity index (χ2v) is 7.55. The van der Waals surface area contributed by atoms with E-state index in [9.17, 15) is 13.2 Å². The fourth-order valence-electron chi connectivity index (χ4n) is 0.985. The van der Waals surface area contributed by atoms with E-state index in [1.165, 1.54) is 12.3 Å². The topological polar surface area (TPSA) is 84.3 Å². The average molecular weight is 340 g/mol. The van der Waals surface area contributed by atoms with Crippen LogP contribution in [-0.4, -0.2) is 42.2 Å². The van der Waals surface area contributed by atoms with E-state index >= 15 is 0 Å². The molecule has 0 radical (unpaired) electrons. The molecule has 0 saturated heterocycles. The predicted molar refractivity (Wildman–Crippen MR) is 69.3 cm³/mol. The maximum Gasteiger partial charge on any atom is 0.338 e. The highest BCUT2D eigenvalue weighted by atomic mass is 79.9. The van der Waals surface area contributed by atoms with Crippen LogP contribution in [-0.2, 0) is 9.84 Å². The van der Waals surface area contributed by atoms with Crippen LogP contribution < -0.4 is 0 Å². The highest BCUT2D eigenvalue weighted by Crippen LogP contribution is 2.23. The first-order chi connectivity index (χ1) is 7.79. The lowest BCUT2D eigenvalue weighted by Gasteiger charge is -2.04. The van der Waals surface area contributed by atoms with Crippen LogP contribution in [0, 0.1) is 0 Å². The van der Waals surface area contributed by atoms with Crippen LogP contribution in [0.3, 0.4) is 0 Å². The summed E-state index contributed by atoms with van der Waals surface area (Å²) in [7, 11) is -3.04. The van der Waals surface area contributed by atoms with Crippen molar-refractivity contribution in [2.45, 2.75) is 5.03 Å². The van der Waals surface area contributed by atoms with E-state index in [4.69, 9.17) is 5.11 Å². The molecule has 1 aromatic heterocycles. The van der Waals surface area contributed by atoms with E-state index in [0.717, 1.165) is 18.0 Å². The molecule has 1 heterocycles. The Bertz CT molecular complexity index is 530. The number of nitrogens with zero attached hydrogens (tertiary/aromatic N) is 1. The second kappa shape index (κ2) is 5.83. The third-order valence-electron chi connectivity index (χ3n) is 1.74. The van der Waals surface area contributed by atoms with Crippen molar-refractivity contribution in [3.63, 3.8) is 0 Å². The van der Waals surface area contributed by atoms with Gasteiger partial charge in [-0.1, -0.05) is 0 Å². The molecule has 0 unspecified atom stereocenters. The molecule has 17 heavy (non-hydrogen) atoms. The third-order valence-corrected chi connectivity index (χ3v) is 4.39. The number of pyridine rings is 1. The van der Waals surface area contributed by atoms with Crippen molar-refractivity contribution in [2.75, 3.05) is 17.8 Å². The number of carboxylic acid groups (broad SMARTS) is 1. The van der Waals surface area contributed by atoms with Gasteiger partial charge < -0.3 is 5.11 Å². The summed E-state index contributed by atoms with van der Waals surface area (Å²) in [5.41, 5.74) is 0.0675. The number of carbonyl (C=O) groups is 1. The molecule has 5 nitrogen and oxygen atoms in total. The minimum atomic E-state index is -3.04. The molecule has 1 N–H and O–H groups in total. The normalized spacial score (nSPS) is 11.4. The first-order valence-corrected chi connectivity index (χ1v) is 8.33. The highest BCUT2D eigenvalue weighted by molar-refractivity contribution is 9.10. The predicted octanol–water partition coefficient (Wildman–Crippen LogP) is 1.68. The summed E-state index contributed by atoms with van der Waals surface area (Å²) in [5, 5.41) is 9.28. The summed E-state index contributed by atoms with van der Waals surface area (Å²) < 4.78 is 22.4. The Balaban J connectivity index is 2.81. The SMILES string of the molecule is CS(=O)(=O)CCSc1ncc(Br)cc1C(=O)O. The van der Waals surface area contributed by atoms with E-state index in [2.05, 4.69) is 20.9 Å². The first-order valence-electron chi connectivity index (χ1n) is 4.49. The van der Waals surface area contributed by atoms with Gasteiger partial charge >= 0.3 is 5.97 Å². The molecule has 0 saturated carbocycles. The van der Waals surface area contributed by atoms with Gasteiger partial charge in [0.2, 0.25) is 0 Å². The number of halogens is 1. The van der Waals surface area contributed by atoms with Crippen molar-refractivity contribution in [1.82, 2.24) is 4.98 Å². The van der Waals surface area contributed by atoms with Crippen molar-refractivity contribution in [2.24, 2.45) is 0 Å². The number of aromatic nitrogens is 1. The van der Waals surface area contributed by atoms with Gasteiger partial charge in [-0.05, 0) is 22.0 Å². The smallest absolute Gasteiger partial charge is 0.338 e. The summed E-state index contributed by atoms with van der Waals surface area (Å²) in [4.78, 5) is 14.9. The molecule has 0 aliphatic carbocycles. The van der Waals surface area contributed by atoms with Crippen LogP contribution in [0.4, 0.5) is 0 Å². The number of aromatic carboxylic acids is 1. The molecule has 1 rings (SSSR count). The molecule has 0 fully saturated rings. The monoisotopic (exact) mass is 339 g/mol. The number of hydrogen-bond acceptors (Lipinski definition) is 5. The van der Waals surface area contributed by atoms with Gasteiger partial charge in [-0.3, -0.25) is 0 Å². The van der Waals surface area contributed by atoms with Crippen molar-refractivity contribution in [3.05, 3.63) is 22.3 Å². The Kier molecular flexibility index (Phi) is 4.96. The number of thioether (sulfide) groups is 1. The maximum atomic E-state index is 10.9. The molecule has 0 spiro atoms. The second-order valence-electron chi connectivity index (χ2n) is 3.29. The van der Waals surface area contributed by atoms with Crippen LogP contribution >= 0.6 is 27.7 Å². The minimum absolute atomic E-state index is 0.00549. The Hall–Kier alpha value is -0.600. The summed E-state index contributed by atoms with van der Waals surface area (Å²) in [5.74, 6) is -0.803. The molecule has 0 amide bonds. The summed E-state index contributed by atoms with van der Waals surface area (Å²) in [6.45, 7) is 0. The van der Waals surface area contributed by atoms with E-state index in [1.807, 2.05) is 0 Å². The van der Waals surface area contributed by atoms with Crippen LogP contribution in [0.15, 0.2) is 21.8 Å². The van der Waals surface area contributed by atoms with Gasteiger partial charge in [-0.25, -0.2) is 18.2 Å². The molecule has 0 aromatic carbocycles. The van der Waals surface area contributed by atoms with Crippen LogP contribution in [0.1, 0.15) is 10.4 Å². The molecule has 0 bridgehead atoms. The Labute approximate surface area is 112 Å². The van der Waals surface area contributed by atoms with E-state index in [1.54, 1.807) is 0 Å². The number of sulfone groups is 1. The first kappa shape index (κ1) is 14.5. The number of hydrogen-bond donors (Lipinski definition) is 1. The van der Waals surface area contributed by atoms with Crippen molar-refractivity contribution < 1.29 is 18.3 Å². The van der Waals surface area contributed by atoms with Crippen LogP contribution in [0.5, 0.6) is 0 Å². The quantitative estimate of drug-likeness (QED) is 0.821. The Morgan fingerprint density at radius 2 is 2.24 bits per heavy atom. The van der Waals surface area contributed by atoms with Gasteiger partial charge in [0.05, 0.1) is 11.3 Å². The van der Waals surface area contributed by atoms with E-state index in [0.29, 0.717) is 9.50 Å². The number of rotatable bonds is 5. The van der Waals surface area contributed by atoms with Crippen molar-refractivity contribution in [1.29, 1.82) is 0 Å². The molecular weight excluding hydrogens is 330 g/mol. The fraction of sp³-hybridized carbons (Fsp3) is 0.333. The van der Waals surface area contributed by atoms with E-state index in [-0.39, 0.29) is 17.1 Å². The summed E-state index contributed by atoms with van der Waals surface area (Å²) in [6.07, 6.45) is 2.62. The fourth-order valence-corrected chi connectivity index (χ4v) is 3.48. The lowest BCUT2D eigenvalue weighted by molar-refractivity contribution is 0.0692. The highest BCUT2D eigenvalue weighted by Gasteiger charge is 2.13. The van der Waals surface area contributed by atoms with E-state index < -0.39 is 15.8 Å². The zero-order valence-corrected chi connectivity index (χ0v) is 12.1. The molecule has 8 heteroatoms. The van der Waals surface area contributed by atoms with Gasteiger partial charge in [0.1, 0.15) is 14.9 Å². The summed E-state index contributed by atoms with van der Waals surface area (Å²) >= 11 is 4.25. The maximum absolute atomic E-state index is 10.9. The zero-order chi connectivity index (χ0) is 13.1. The molecule has 0 atom stereocenters. The van der Waals surface area contributed by atoms with Gasteiger partial charge in [-0.2, -0.15) is 0 Å². The summed E-state index contributed by atoms with van der Waals surface area (Å²) in [6, 6.07) is 1.44.